The summed E-state index contributed by atoms with van der Waals surface area (Å²) in [5.41, 5.74) is 2.56. The van der Waals surface area contributed by atoms with Crippen LogP contribution in [0.25, 0.3) is 0 Å². The largest absolute Gasteiger partial charge is 0.379 e. The Morgan fingerprint density at radius 1 is 1.16 bits per heavy atom. The fraction of sp³-hybridized carbons (Fsp3) is 0.533. The van der Waals surface area contributed by atoms with E-state index in [1.807, 2.05) is 0 Å². The summed E-state index contributed by atoms with van der Waals surface area (Å²) in [6.45, 7) is 6.79. The summed E-state index contributed by atoms with van der Waals surface area (Å²) in [6, 6.07) is 8.77. The molecule has 0 amide bonds. The van der Waals surface area contributed by atoms with E-state index in [2.05, 4.69) is 39.5 Å². The number of hydrogen-bond acceptors (Lipinski definition) is 4. The van der Waals surface area contributed by atoms with Crippen LogP contribution >= 0.6 is 0 Å². The van der Waals surface area contributed by atoms with Crippen LogP contribution in [0.3, 0.4) is 0 Å². The average molecular weight is 259 g/mol. The molecule has 19 heavy (non-hydrogen) atoms. The molecule has 1 aromatic rings. The van der Waals surface area contributed by atoms with Gasteiger partial charge in [-0.3, -0.25) is 9.89 Å². The molecule has 0 unspecified atom stereocenters. The van der Waals surface area contributed by atoms with Crippen molar-refractivity contribution in [2.75, 3.05) is 39.4 Å². The molecular weight excluding hydrogens is 238 g/mol. The number of benzene rings is 1. The van der Waals surface area contributed by atoms with Crippen molar-refractivity contribution in [3.8, 4) is 0 Å². The van der Waals surface area contributed by atoms with Crippen molar-refractivity contribution in [2.45, 2.75) is 13.0 Å². The molecule has 1 N–H and O–H groups in total. The Morgan fingerprint density at radius 2 is 1.95 bits per heavy atom. The minimum Gasteiger partial charge on any atom is -0.379 e. The molecule has 3 rings (SSSR count). The number of amidine groups is 1. The molecule has 0 bridgehead atoms. The number of hydrogen-bond donors (Lipinski definition) is 1. The van der Waals surface area contributed by atoms with Crippen molar-refractivity contribution >= 4 is 5.84 Å². The lowest BCUT2D eigenvalue weighted by Crippen LogP contribution is -2.35. The maximum Gasteiger partial charge on any atom is 0.128 e. The lowest BCUT2D eigenvalue weighted by molar-refractivity contribution is 0.0342. The zero-order valence-electron chi connectivity index (χ0n) is 11.3. The van der Waals surface area contributed by atoms with Gasteiger partial charge in [0.15, 0.2) is 0 Å². The molecule has 1 saturated heterocycles. The molecule has 0 radical (unpaired) electrons. The highest BCUT2D eigenvalue weighted by molar-refractivity contribution is 5.99. The van der Waals surface area contributed by atoms with Gasteiger partial charge in [-0.25, -0.2) is 0 Å². The lowest BCUT2D eigenvalue weighted by Gasteiger charge is -2.26. The minimum absolute atomic E-state index is 0.860. The third-order valence-corrected chi connectivity index (χ3v) is 3.63. The lowest BCUT2D eigenvalue weighted by atomic mass is 10.1. The summed E-state index contributed by atoms with van der Waals surface area (Å²) in [6.07, 6.45) is 1.14. The highest BCUT2D eigenvalue weighted by Gasteiger charge is 2.11. The van der Waals surface area contributed by atoms with Crippen molar-refractivity contribution in [1.29, 1.82) is 0 Å². The fourth-order valence-electron chi connectivity index (χ4n) is 2.51. The predicted molar refractivity (Wildman–Crippen MR) is 76.6 cm³/mol. The highest BCUT2D eigenvalue weighted by atomic mass is 16.5. The second-order valence-corrected chi connectivity index (χ2v) is 5.10. The molecule has 1 fully saturated rings. The first kappa shape index (κ1) is 12.6. The monoisotopic (exact) mass is 259 g/mol. The van der Waals surface area contributed by atoms with Crippen molar-refractivity contribution < 1.29 is 4.74 Å². The first-order valence-corrected chi connectivity index (χ1v) is 7.09. The molecule has 2 aliphatic rings. The van der Waals surface area contributed by atoms with Crippen molar-refractivity contribution in [2.24, 2.45) is 4.99 Å². The minimum atomic E-state index is 0.860. The Balaban J connectivity index is 1.63. The van der Waals surface area contributed by atoms with E-state index in [4.69, 9.17) is 4.74 Å². The maximum atomic E-state index is 5.37. The summed E-state index contributed by atoms with van der Waals surface area (Å²) in [4.78, 5) is 6.96. The van der Waals surface area contributed by atoms with E-state index >= 15 is 0 Å². The van der Waals surface area contributed by atoms with Gasteiger partial charge in [0.05, 0.1) is 13.2 Å². The molecule has 0 aliphatic carbocycles. The zero-order chi connectivity index (χ0) is 12.9. The van der Waals surface area contributed by atoms with E-state index in [0.29, 0.717) is 0 Å². The number of rotatable bonds is 3. The topological polar surface area (TPSA) is 36.9 Å². The van der Waals surface area contributed by atoms with Crippen LogP contribution < -0.4 is 5.32 Å². The van der Waals surface area contributed by atoms with Gasteiger partial charge in [-0.05, 0) is 12.0 Å². The van der Waals surface area contributed by atoms with E-state index in [1.54, 1.807) is 0 Å². The van der Waals surface area contributed by atoms with Crippen LogP contribution in [0.2, 0.25) is 0 Å². The molecular formula is C15H21N3O. The van der Waals surface area contributed by atoms with Crippen LogP contribution in [0.4, 0.5) is 0 Å². The van der Waals surface area contributed by atoms with Crippen LogP contribution in [-0.2, 0) is 11.3 Å². The van der Waals surface area contributed by atoms with Gasteiger partial charge in [0.1, 0.15) is 5.84 Å². The molecule has 1 aromatic carbocycles. The molecule has 4 heteroatoms. The molecule has 0 atom stereocenters. The van der Waals surface area contributed by atoms with E-state index in [-0.39, 0.29) is 0 Å². The second kappa shape index (κ2) is 6.17. The fourth-order valence-corrected chi connectivity index (χ4v) is 2.51. The summed E-state index contributed by atoms with van der Waals surface area (Å²) in [5, 5.41) is 3.36. The summed E-state index contributed by atoms with van der Waals surface area (Å²) in [5.74, 6) is 1.05. The first-order chi connectivity index (χ1) is 9.42. The van der Waals surface area contributed by atoms with Gasteiger partial charge in [0.25, 0.3) is 0 Å². The summed E-state index contributed by atoms with van der Waals surface area (Å²) < 4.78 is 5.37. The smallest absolute Gasteiger partial charge is 0.128 e. The van der Waals surface area contributed by atoms with Gasteiger partial charge in [0.2, 0.25) is 0 Å². The molecule has 102 valence electrons. The third kappa shape index (κ3) is 3.33. The van der Waals surface area contributed by atoms with Crippen LogP contribution in [0.1, 0.15) is 17.5 Å². The van der Waals surface area contributed by atoms with Gasteiger partial charge in [-0.15, -0.1) is 0 Å². The van der Waals surface area contributed by atoms with E-state index in [9.17, 15) is 0 Å². The summed E-state index contributed by atoms with van der Waals surface area (Å²) >= 11 is 0. The average Bonchev–Trinajstić information content (AvgIpc) is 2.50. The standard InChI is InChI=1S/C15H21N3O/c1-6-16-15(17-7-1)14-4-2-13(3-5-14)12-18-8-10-19-11-9-18/h2-5H,1,6-12H2,(H,16,17). The number of nitrogens with zero attached hydrogens (tertiary/aromatic N) is 2. The summed E-state index contributed by atoms with van der Waals surface area (Å²) in [7, 11) is 0. The van der Waals surface area contributed by atoms with Crippen molar-refractivity contribution in [1.82, 2.24) is 10.2 Å². The van der Waals surface area contributed by atoms with Crippen molar-refractivity contribution in [3.05, 3.63) is 35.4 Å². The molecule has 2 heterocycles. The SMILES string of the molecule is c1cc(C2=NCCCN2)ccc1CN1CCOCC1. The normalized spacial score (nSPS) is 20.7. The Morgan fingerprint density at radius 3 is 2.63 bits per heavy atom. The second-order valence-electron chi connectivity index (χ2n) is 5.10. The zero-order valence-corrected chi connectivity index (χ0v) is 11.3. The van der Waals surface area contributed by atoms with Crippen LogP contribution in [0, 0.1) is 0 Å². The molecule has 0 spiro atoms. The Bertz CT molecular complexity index is 435. The number of nitrogens with one attached hydrogen (secondary N) is 1. The van der Waals surface area contributed by atoms with E-state index < -0.39 is 0 Å². The molecule has 2 aliphatic heterocycles. The van der Waals surface area contributed by atoms with Gasteiger partial charge in [-0.1, -0.05) is 24.3 Å². The number of ether oxygens (including phenoxy) is 1. The Hall–Kier alpha value is -1.39. The highest BCUT2D eigenvalue weighted by Crippen LogP contribution is 2.10. The predicted octanol–water partition coefficient (Wildman–Crippen LogP) is 1.26. The van der Waals surface area contributed by atoms with E-state index in [0.717, 1.165) is 58.2 Å². The van der Waals surface area contributed by atoms with Crippen LogP contribution in [0.5, 0.6) is 0 Å². The quantitative estimate of drug-likeness (QED) is 0.888. The maximum absolute atomic E-state index is 5.37. The van der Waals surface area contributed by atoms with Gasteiger partial charge in [0, 0.05) is 38.3 Å². The Kier molecular flexibility index (Phi) is 4.10. The third-order valence-electron chi connectivity index (χ3n) is 3.63. The number of morpholine rings is 1. The Labute approximate surface area is 114 Å². The first-order valence-electron chi connectivity index (χ1n) is 7.09. The van der Waals surface area contributed by atoms with Crippen LogP contribution in [-0.4, -0.2) is 50.1 Å². The molecule has 0 saturated carbocycles. The number of aliphatic imine (C=N–C) groups is 1. The molecule has 4 nitrogen and oxygen atoms in total. The van der Waals surface area contributed by atoms with Crippen molar-refractivity contribution in [3.63, 3.8) is 0 Å². The molecule has 0 aromatic heterocycles. The van der Waals surface area contributed by atoms with Gasteiger partial charge in [-0.2, -0.15) is 0 Å². The van der Waals surface area contributed by atoms with Gasteiger partial charge < -0.3 is 10.1 Å². The van der Waals surface area contributed by atoms with Gasteiger partial charge >= 0.3 is 0 Å². The van der Waals surface area contributed by atoms with Crippen LogP contribution in [0.15, 0.2) is 29.3 Å². The van der Waals surface area contributed by atoms with E-state index in [1.165, 1.54) is 11.1 Å².